The average molecular weight is 409 g/mol. The topological polar surface area (TPSA) is 44.2 Å². The molecule has 0 bridgehead atoms. The Morgan fingerprint density at radius 2 is 1.14 bits per heavy atom. The molecule has 142 valence electrons. The van der Waals surface area contributed by atoms with Crippen LogP contribution in [0.1, 0.15) is 13.8 Å². The monoisotopic (exact) mass is 408 g/mol. The molecule has 0 atom stereocenters. The number of aromatic nitrogens is 2. The van der Waals surface area contributed by atoms with Crippen LogP contribution in [0.4, 0.5) is 0 Å². The summed E-state index contributed by atoms with van der Waals surface area (Å²) in [5.74, 6) is 1.70. The van der Waals surface area contributed by atoms with E-state index in [1.165, 1.54) is 9.79 Å². The number of fused-ring (bicyclic) bond motifs is 2. The van der Waals surface area contributed by atoms with Crippen LogP contribution in [0, 0.1) is 0 Å². The minimum atomic E-state index is 0.649. The highest BCUT2D eigenvalue weighted by atomic mass is 33.1. The molecule has 0 saturated heterocycles. The Labute approximate surface area is 172 Å². The van der Waals surface area contributed by atoms with Gasteiger partial charge in [0, 0.05) is 45.1 Å². The first-order chi connectivity index (χ1) is 13.8. The molecule has 0 fully saturated rings. The molecule has 4 rings (SSSR count). The lowest BCUT2D eigenvalue weighted by atomic mass is 10.2. The van der Waals surface area contributed by atoms with Crippen LogP contribution in [-0.2, 0) is 0 Å². The summed E-state index contributed by atoms with van der Waals surface area (Å²) in [5, 5.41) is 2.25. The zero-order valence-electron chi connectivity index (χ0n) is 15.7. The number of ether oxygens (including phenoxy) is 2. The molecule has 0 unspecified atom stereocenters. The molecule has 2 aromatic carbocycles. The van der Waals surface area contributed by atoms with E-state index in [0.29, 0.717) is 13.2 Å². The molecule has 2 heterocycles. The van der Waals surface area contributed by atoms with Crippen molar-refractivity contribution >= 4 is 43.4 Å². The van der Waals surface area contributed by atoms with Crippen molar-refractivity contribution in [3.05, 3.63) is 60.9 Å². The molecule has 0 aliphatic rings. The number of hydrogen-bond acceptors (Lipinski definition) is 6. The summed E-state index contributed by atoms with van der Waals surface area (Å²) in [6.45, 7) is 5.26. The fraction of sp³-hybridized carbons (Fsp3) is 0.182. The Hall–Kier alpha value is -2.44. The van der Waals surface area contributed by atoms with Crippen LogP contribution < -0.4 is 9.47 Å². The second kappa shape index (κ2) is 8.71. The summed E-state index contributed by atoms with van der Waals surface area (Å²) in [7, 11) is 3.46. The Morgan fingerprint density at radius 1 is 0.679 bits per heavy atom. The SMILES string of the molecule is CCOc1ccc2c(SSc3ccnc4cc(OCC)ccc34)ccnc2c1. The summed E-state index contributed by atoms with van der Waals surface area (Å²) in [6.07, 6.45) is 3.69. The van der Waals surface area contributed by atoms with E-state index in [9.17, 15) is 0 Å². The van der Waals surface area contributed by atoms with Gasteiger partial charge in [0.15, 0.2) is 0 Å². The molecular weight excluding hydrogens is 388 g/mol. The highest BCUT2D eigenvalue weighted by Gasteiger charge is 2.09. The van der Waals surface area contributed by atoms with E-state index in [0.717, 1.165) is 33.3 Å². The first-order valence-electron chi connectivity index (χ1n) is 9.16. The normalized spacial score (nSPS) is 11.1. The van der Waals surface area contributed by atoms with Crippen LogP contribution in [0.3, 0.4) is 0 Å². The Bertz CT molecular complexity index is 1030. The molecule has 0 saturated carbocycles. The van der Waals surface area contributed by atoms with Crippen LogP contribution in [0.5, 0.6) is 11.5 Å². The second-order valence-electron chi connectivity index (χ2n) is 6.01. The molecule has 4 aromatic rings. The lowest BCUT2D eigenvalue weighted by Gasteiger charge is -2.09. The van der Waals surface area contributed by atoms with Gasteiger partial charge in [-0.1, -0.05) is 21.6 Å². The maximum absolute atomic E-state index is 5.59. The first-order valence-corrected chi connectivity index (χ1v) is 11.3. The largest absolute Gasteiger partial charge is 0.494 e. The van der Waals surface area contributed by atoms with E-state index in [2.05, 4.69) is 34.2 Å². The van der Waals surface area contributed by atoms with Gasteiger partial charge in [-0.15, -0.1) is 0 Å². The smallest absolute Gasteiger partial charge is 0.121 e. The van der Waals surface area contributed by atoms with E-state index in [1.807, 2.05) is 50.5 Å². The zero-order chi connectivity index (χ0) is 19.3. The fourth-order valence-electron chi connectivity index (χ4n) is 2.95. The highest BCUT2D eigenvalue weighted by Crippen LogP contribution is 2.43. The molecule has 6 heteroatoms. The summed E-state index contributed by atoms with van der Waals surface area (Å²) in [5.41, 5.74) is 1.88. The van der Waals surface area contributed by atoms with Crippen LogP contribution in [0.25, 0.3) is 21.8 Å². The lowest BCUT2D eigenvalue weighted by molar-refractivity contribution is 0.340. The standard InChI is InChI=1S/C22H20N2O2S2/c1-3-25-15-5-7-17-19(13-15)23-11-9-21(17)27-28-22-10-12-24-20-14-16(26-4-2)6-8-18(20)22/h5-14H,3-4H2,1-2H3. The van der Waals surface area contributed by atoms with Gasteiger partial charge >= 0.3 is 0 Å². The van der Waals surface area contributed by atoms with Crippen molar-refractivity contribution in [1.29, 1.82) is 0 Å². The van der Waals surface area contributed by atoms with E-state index < -0.39 is 0 Å². The maximum atomic E-state index is 5.59. The molecule has 0 aliphatic heterocycles. The van der Waals surface area contributed by atoms with Crippen molar-refractivity contribution in [1.82, 2.24) is 9.97 Å². The molecule has 0 N–H and O–H groups in total. The predicted molar refractivity (Wildman–Crippen MR) is 118 cm³/mol. The van der Waals surface area contributed by atoms with E-state index in [1.54, 1.807) is 21.6 Å². The summed E-state index contributed by atoms with van der Waals surface area (Å²) in [4.78, 5) is 11.3. The van der Waals surface area contributed by atoms with Gasteiger partial charge in [0.1, 0.15) is 11.5 Å². The Balaban J connectivity index is 1.61. The van der Waals surface area contributed by atoms with Gasteiger partial charge < -0.3 is 9.47 Å². The van der Waals surface area contributed by atoms with Gasteiger partial charge in [0.2, 0.25) is 0 Å². The van der Waals surface area contributed by atoms with Gasteiger partial charge in [-0.3, -0.25) is 9.97 Å². The number of benzene rings is 2. The van der Waals surface area contributed by atoms with E-state index in [4.69, 9.17) is 9.47 Å². The Morgan fingerprint density at radius 3 is 1.57 bits per heavy atom. The third-order valence-corrected chi connectivity index (χ3v) is 6.67. The number of hydrogen-bond donors (Lipinski definition) is 0. The predicted octanol–water partition coefficient (Wildman–Crippen LogP) is 6.38. The van der Waals surface area contributed by atoms with Crippen molar-refractivity contribution in [2.24, 2.45) is 0 Å². The zero-order valence-corrected chi connectivity index (χ0v) is 17.3. The minimum Gasteiger partial charge on any atom is -0.494 e. The molecule has 0 amide bonds. The van der Waals surface area contributed by atoms with Crippen molar-refractivity contribution in [2.75, 3.05) is 13.2 Å². The number of pyridine rings is 2. The molecule has 28 heavy (non-hydrogen) atoms. The summed E-state index contributed by atoms with van der Waals surface area (Å²) < 4.78 is 11.2. The van der Waals surface area contributed by atoms with E-state index >= 15 is 0 Å². The van der Waals surface area contributed by atoms with Crippen LogP contribution in [0.15, 0.2) is 70.7 Å². The average Bonchev–Trinajstić information content (AvgIpc) is 2.72. The van der Waals surface area contributed by atoms with Crippen LogP contribution >= 0.6 is 21.6 Å². The first kappa shape index (κ1) is 18.9. The van der Waals surface area contributed by atoms with Gasteiger partial charge in [-0.25, -0.2) is 0 Å². The van der Waals surface area contributed by atoms with Crippen molar-refractivity contribution in [2.45, 2.75) is 23.6 Å². The second-order valence-corrected chi connectivity index (χ2v) is 8.22. The number of rotatable bonds is 7. The van der Waals surface area contributed by atoms with Gasteiger partial charge in [0.25, 0.3) is 0 Å². The third kappa shape index (κ3) is 4.03. The summed E-state index contributed by atoms with van der Waals surface area (Å²) >= 11 is 0. The minimum absolute atomic E-state index is 0.649. The maximum Gasteiger partial charge on any atom is 0.121 e. The van der Waals surface area contributed by atoms with Crippen molar-refractivity contribution < 1.29 is 9.47 Å². The van der Waals surface area contributed by atoms with Crippen molar-refractivity contribution in [3.63, 3.8) is 0 Å². The fourth-order valence-corrected chi connectivity index (χ4v) is 5.30. The van der Waals surface area contributed by atoms with Crippen LogP contribution in [0.2, 0.25) is 0 Å². The van der Waals surface area contributed by atoms with Crippen molar-refractivity contribution in [3.8, 4) is 11.5 Å². The third-order valence-electron chi connectivity index (χ3n) is 4.19. The van der Waals surface area contributed by atoms with Crippen LogP contribution in [-0.4, -0.2) is 23.2 Å². The van der Waals surface area contributed by atoms with Gasteiger partial charge in [-0.05, 0) is 50.2 Å². The highest BCUT2D eigenvalue weighted by molar-refractivity contribution is 8.76. The molecule has 2 aromatic heterocycles. The molecule has 0 aliphatic carbocycles. The van der Waals surface area contributed by atoms with Gasteiger partial charge in [0.05, 0.1) is 24.2 Å². The molecule has 0 radical (unpaired) electrons. The molecular formula is C22H20N2O2S2. The van der Waals surface area contributed by atoms with E-state index in [-0.39, 0.29) is 0 Å². The summed E-state index contributed by atoms with van der Waals surface area (Å²) in [6, 6.07) is 16.2. The number of nitrogens with zero attached hydrogens (tertiary/aromatic N) is 2. The lowest BCUT2D eigenvalue weighted by Crippen LogP contribution is -1.92. The molecule has 4 nitrogen and oxygen atoms in total. The Kier molecular flexibility index (Phi) is 5.88. The molecule has 0 spiro atoms. The van der Waals surface area contributed by atoms with Gasteiger partial charge in [-0.2, -0.15) is 0 Å². The quantitative estimate of drug-likeness (QED) is 0.331.